The van der Waals surface area contributed by atoms with E-state index < -0.39 is 11.5 Å². The molecule has 2 N–H and O–H groups in total. The van der Waals surface area contributed by atoms with Gasteiger partial charge in [0.15, 0.2) is 0 Å². The lowest BCUT2D eigenvalue weighted by Crippen LogP contribution is -2.28. The summed E-state index contributed by atoms with van der Waals surface area (Å²) in [6, 6.07) is 6.35. The number of pyridine rings is 2. The second-order valence-corrected chi connectivity index (χ2v) is 3.17. The fraction of sp³-hybridized carbons (Fsp3) is 0. The van der Waals surface area contributed by atoms with Crippen LogP contribution in [0.3, 0.4) is 0 Å². The minimum Gasteiger partial charge on any atom is -0.365 e. The van der Waals surface area contributed by atoms with Crippen LogP contribution in [0.5, 0.6) is 0 Å². The van der Waals surface area contributed by atoms with Gasteiger partial charge in [0.05, 0.1) is 5.69 Å². The molecule has 1 amide bonds. The molecule has 0 spiro atoms. The van der Waals surface area contributed by atoms with Crippen LogP contribution in [0, 0.1) is 0 Å². The molecular weight excluding hydrogens is 206 g/mol. The number of aromatic nitrogens is 2. The fourth-order valence-electron chi connectivity index (χ4n) is 1.39. The van der Waals surface area contributed by atoms with Crippen LogP contribution in [0.1, 0.15) is 10.4 Å². The molecule has 0 unspecified atom stereocenters. The molecule has 0 saturated heterocycles. The number of carbonyl (C=O) groups excluding carboxylic acids is 1. The van der Waals surface area contributed by atoms with E-state index in [-0.39, 0.29) is 5.56 Å². The number of amides is 1. The van der Waals surface area contributed by atoms with Crippen LogP contribution in [-0.4, -0.2) is 15.5 Å². The van der Waals surface area contributed by atoms with Gasteiger partial charge in [-0.3, -0.25) is 19.1 Å². The topological polar surface area (TPSA) is 78.0 Å². The van der Waals surface area contributed by atoms with E-state index in [9.17, 15) is 9.59 Å². The normalized spacial score (nSPS) is 10.0. The van der Waals surface area contributed by atoms with Crippen LogP contribution in [0.25, 0.3) is 5.69 Å². The molecule has 0 bridgehead atoms. The van der Waals surface area contributed by atoms with Crippen molar-refractivity contribution >= 4 is 5.91 Å². The van der Waals surface area contributed by atoms with Gasteiger partial charge in [0, 0.05) is 18.6 Å². The molecule has 80 valence electrons. The highest BCUT2D eigenvalue weighted by molar-refractivity contribution is 5.92. The first-order valence-electron chi connectivity index (χ1n) is 4.62. The highest BCUT2D eigenvalue weighted by Crippen LogP contribution is 2.02. The maximum atomic E-state index is 11.9. The van der Waals surface area contributed by atoms with Crippen molar-refractivity contribution in [3.8, 4) is 5.69 Å². The first-order chi connectivity index (χ1) is 7.70. The summed E-state index contributed by atoms with van der Waals surface area (Å²) in [5.41, 5.74) is 5.28. The van der Waals surface area contributed by atoms with Gasteiger partial charge in [-0.15, -0.1) is 0 Å². The molecule has 0 atom stereocenters. The van der Waals surface area contributed by atoms with Gasteiger partial charge in [-0.1, -0.05) is 0 Å². The minimum atomic E-state index is -0.728. The number of nitrogens with two attached hydrogens (primary N) is 1. The summed E-state index contributed by atoms with van der Waals surface area (Å²) in [6.45, 7) is 0. The molecule has 0 aliphatic rings. The predicted molar refractivity (Wildman–Crippen MR) is 58.4 cm³/mol. The predicted octanol–water partition coefficient (Wildman–Crippen LogP) is 0.331. The zero-order chi connectivity index (χ0) is 11.5. The maximum Gasteiger partial charge on any atom is 0.267 e. The third-order valence-corrected chi connectivity index (χ3v) is 2.15. The molecule has 0 fully saturated rings. The summed E-state index contributed by atoms with van der Waals surface area (Å²) in [4.78, 5) is 26.7. The molecule has 5 heteroatoms. The van der Waals surface area contributed by atoms with E-state index >= 15 is 0 Å². The maximum absolute atomic E-state index is 11.9. The van der Waals surface area contributed by atoms with Gasteiger partial charge in [-0.05, 0) is 24.3 Å². The van der Waals surface area contributed by atoms with Crippen molar-refractivity contribution in [3.63, 3.8) is 0 Å². The molecule has 0 aliphatic carbocycles. The summed E-state index contributed by atoms with van der Waals surface area (Å²) in [5.74, 6) is -0.728. The van der Waals surface area contributed by atoms with Crippen molar-refractivity contribution in [2.75, 3.05) is 0 Å². The van der Waals surface area contributed by atoms with E-state index in [1.54, 1.807) is 36.8 Å². The Morgan fingerprint density at radius 3 is 2.56 bits per heavy atom. The van der Waals surface area contributed by atoms with Gasteiger partial charge in [0.1, 0.15) is 5.56 Å². The van der Waals surface area contributed by atoms with Crippen LogP contribution in [0.4, 0.5) is 0 Å². The molecule has 5 nitrogen and oxygen atoms in total. The monoisotopic (exact) mass is 215 g/mol. The first-order valence-corrected chi connectivity index (χ1v) is 4.62. The smallest absolute Gasteiger partial charge is 0.267 e. The fourth-order valence-corrected chi connectivity index (χ4v) is 1.39. The SMILES string of the molecule is NC(=O)c1cccn(-c2ccncc2)c1=O. The molecule has 0 saturated carbocycles. The largest absolute Gasteiger partial charge is 0.365 e. The molecule has 2 aromatic heterocycles. The zero-order valence-electron chi connectivity index (χ0n) is 8.33. The molecule has 2 rings (SSSR count). The van der Waals surface area contributed by atoms with Crippen molar-refractivity contribution < 1.29 is 4.79 Å². The highest BCUT2D eigenvalue weighted by Gasteiger charge is 2.08. The van der Waals surface area contributed by atoms with Crippen LogP contribution < -0.4 is 11.3 Å². The number of carbonyl (C=O) groups is 1. The lowest BCUT2D eigenvalue weighted by Gasteiger charge is -2.05. The van der Waals surface area contributed by atoms with E-state index in [1.165, 1.54) is 10.6 Å². The molecular formula is C11H9N3O2. The van der Waals surface area contributed by atoms with E-state index in [1.807, 2.05) is 0 Å². The molecule has 16 heavy (non-hydrogen) atoms. The Morgan fingerprint density at radius 2 is 1.94 bits per heavy atom. The van der Waals surface area contributed by atoms with Gasteiger partial charge in [-0.25, -0.2) is 0 Å². The van der Waals surface area contributed by atoms with Crippen molar-refractivity contribution in [2.24, 2.45) is 5.73 Å². The molecule has 2 heterocycles. The second kappa shape index (κ2) is 3.98. The van der Waals surface area contributed by atoms with Crippen molar-refractivity contribution in [3.05, 3.63) is 58.8 Å². The number of nitrogens with zero attached hydrogens (tertiary/aromatic N) is 2. The number of primary amides is 1. The molecule has 0 aromatic carbocycles. The van der Waals surface area contributed by atoms with Crippen molar-refractivity contribution in [1.29, 1.82) is 0 Å². The number of hydrogen-bond acceptors (Lipinski definition) is 3. The van der Waals surface area contributed by atoms with Gasteiger partial charge >= 0.3 is 0 Å². The Morgan fingerprint density at radius 1 is 1.25 bits per heavy atom. The van der Waals surface area contributed by atoms with E-state index in [0.29, 0.717) is 5.69 Å². The quantitative estimate of drug-likeness (QED) is 0.784. The van der Waals surface area contributed by atoms with Crippen LogP contribution in [0.2, 0.25) is 0 Å². The van der Waals surface area contributed by atoms with Gasteiger partial charge in [0.2, 0.25) is 0 Å². The highest BCUT2D eigenvalue weighted by atomic mass is 16.2. The number of hydrogen-bond donors (Lipinski definition) is 1. The lowest BCUT2D eigenvalue weighted by atomic mass is 10.2. The summed E-state index contributed by atoms with van der Waals surface area (Å²) in [7, 11) is 0. The summed E-state index contributed by atoms with van der Waals surface area (Å²) in [5, 5.41) is 0. The van der Waals surface area contributed by atoms with Crippen LogP contribution >= 0.6 is 0 Å². The third kappa shape index (κ3) is 1.70. The Labute approximate surface area is 91.2 Å². The molecule has 2 aromatic rings. The van der Waals surface area contributed by atoms with E-state index in [0.717, 1.165) is 0 Å². The van der Waals surface area contributed by atoms with Crippen LogP contribution in [-0.2, 0) is 0 Å². The summed E-state index contributed by atoms with van der Waals surface area (Å²) >= 11 is 0. The van der Waals surface area contributed by atoms with E-state index in [2.05, 4.69) is 4.98 Å². The first kappa shape index (κ1) is 10.1. The molecule has 0 aliphatic heterocycles. The zero-order valence-corrected chi connectivity index (χ0v) is 8.33. The van der Waals surface area contributed by atoms with Crippen LogP contribution in [0.15, 0.2) is 47.7 Å². The number of rotatable bonds is 2. The van der Waals surface area contributed by atoms with E-state index in [4.69, 9.17) is 5.73 Å². The Balaban J connectivity index is 2.64. The molecule has 0 radical (unpaired) electrons. The Kier molecular flexibility index (Phi) is 2.51. The Hall–Kier alpha value is -2.43. The standard InChI is InChI=1S/C11H9N3O2/c12-10(15)9-2-1-7-14(11(9)16)8-3-5-13-6-4-8/h1-7H,(H2,12,15). The van der Waals surface area contributed by atoms with Gasteiger partial charge in [-0.2, -0.15) is 0 Å². The summed E-state index contributed by atoms with van der Waals surface area (Å²) in [6.07, 6.45) is 4.71. The van der Waals surface area contributed by atoms with Crippen molar-refractivity contribution in [1.82, 2.24) is 9.55 Å². The lowest BCUT2D eigenvalue weighted by molar-refractivity contribution is 0.0998. The van der Waals surface area contributed by atoms with Crippen molar-refractivity contribution in [2.45, 2.75) is 0 Å². The third-order valence-electron chi connectivity index (χ3n) is 2.15. The average molecular weight is 215 g/mol. The van der Waals surface area contributed by atoms with Gasteiger partial charge in [0.25, 0.3) is 11.5 Å². The minimum absolute atomic E-state index is 0.0284. The second-order valence-electron chi connectivity index (χ2n) is 3.17. The van der Waals surface area contributed by atoms with Gasteiger partial charge < -0.3 is 5.73 Å². The summed E-state index contributed by atoms with van der Waals surface area (Å²) < 4.78 is 1.35. The average Bonchev–Trinajstić information content (AvgIpc) is 2.30. The Bertz CT molecular complexity index is 575.